The maximum absolute atomic E-state index is 13.4. The number of rotatable bonds is 4. The molecular weight excluding hydrogens is 265 g/mol. The summed E-state index contributed by atoms with van der Waals surface area (Å²) < 4.78 is 13.4. The highest BCUT2D eigenvalue weighted by Gasteiger charge is 2.43. The Morgan fingerprint density at radius 2 is 2.26 bits per heavy atom. The Hall–Kier alpha value is -0.930. The molecule has 0 bridgehead atoms. The highest BCUT2D eigenvalue weighted by molar-refractivity contribution is 6.31. The van der Waals surface area contributed by atoms with Crippen molar-refractivity contribution in [1.82, 2.24) is 5.32 Å². The topological polar surface area (TPSA) is 29.1 Å². The third-order valence-electron chi connectivity index (χ3n) is 4.23. The molecule has 1 atom stereocenters. The number of benzene rings is 1. The molecular formula is C15H19ClFNO. The van der Waals surface area contributed by atoms with Gasteiger partial charge in [0.2, 0.25) is 0 Å². The summed E-state index contributed by atoms with van der Waals surface area (Å²) in [5, 5.41) is 3.33. The number of hydrogen-bond acceptors (Lipinski definition) is 2. The fourth-order valence-electron chi connectivity index (χ4n) is 2.80. The largest absolute Gasteiger partial charge is 0.316 e. The van der Waals surface area contributed by atoms with Crippen LogP contribution in [-0.4, -0.2) is 18.9 Å². The SMILES string of the molecule is CC(C)C1(C(=O)Cc2cccc(F)c2Cl)CCNC1. The molecule has 0 spiro atoms. The lowest BCUT2D eigenvalue weighted by molar-refractivity contribution is -0.129. The number of carbonyl (C=O) groups is 1. The van der Waals surface area contributed by atoms with Crippen LogP contribution in [0.2, 0.25) is 5.02 Å². The van der Waals surface area contributed by atoms with Crippen LogP contribution in [0.1, 0.15) is 25.8 Å². The Balaban J connectivity index is 2.23. The van der Waals surface area contributed by atoms with E-state index in [-0.39, 0.29) is 28.6 Å². The van der Waals surface area contributed by atoms with Crippen LogP contribution in [0.5, 0.6) is 0 Å². The lowest BCUT2D eigenvalue weighted by atomic mass is 9.71. The average molecular weight is 284 g/mol. The second kappa shape index (κ2) is 5.59. The van der Waals surface area contributed by atoms with E-state index in [4.69, 9.17) is 11.6 Å². The van der Waals surface area contributed by atoms with Gasteiger partial charge in [0.15, 0.2) is 0 Å². The monoisotopic (exact) mass is 283 g/mol. The Labute approximate surface area is 118 Å². The molecule has 0 aliphatic carbocycles. The van der Waals surface area contributed by atoms with Crippen molar-refractivity contribution in [3.8, 4) is 0 Å². The molecule has 0 amide bonds. The van der Waals surface area contributed by atoms with Crippen LogP contribution in [-0.2, 0) is 11.2 Å². The van der Waals surface area contributed by atoms with Gasteiger partial charge in [0.05, 0.1) is 5.02 Å². The minimum absolute atomic E-state index is 0.0701. The molecule has 104 valence electrons. The van der Waals surface area contributed by atoms with Gasteiger partial charge in [0.1, 0.15) is 11.6 Å². The number of Topliss-reactive ketones (excluding diaryl/α,β-unsaturated/α-hetero) is 1. The molecule has 19 heavy (non-hydrogen) atoms. The summed E-state index contributed by atoms with van der Waals surface area (Å²) in [6.07, 6.45) is 1.05. The number of nitrogens with one attached hydrogen (secondary N) is 1. The van der Waals surface area contributed by atoms with Crippen molar-refractivity contribution in [2.24, 2.45) is 11.3 Å². The average Bonchev–Trinajstić information content (AvgIpc) is 2.85. The van der Waals surface area contributed by atoms with Crippen molar-refractivity contribution in [1.29, 1.82) is 0 Å². The Morgan fingerprint density at radius 1 is 1.53 bits per heavy atom. The summed E-state index contributed by atoms with van der Waals surface area (Å²) in [4.78, 5) is 12.6. The summed E-state index contributed by atoms with van der Waals surface area (Å²) in [6.45, 7) is 5.70. The Kier molecular flexibility index (Phi) is 4.26. The summed E-state index contributed by atoms with van der Waals surface area (Å²) in [7, 11) is 0. The first-order valence-electron chi connectivity index (χ1n) is 6.64. The first-order valence-corrected chi connectivity index (χ1v) is 7.02. The van der Waals surface area contributed by atoms with E-state index in [1.807, 2.05) is 0 Å². The molecule has 2 nitrogen and oxygen atoms in total. The molecule has 1 heterocycles. The first-order chi connectivity index (χ1) is 8.97. The molecule has 2 rings (SSSR count). The molecule has 1 unspecified atom stereocenters. The maximum atomic E-state index is 13.4. The van der Waals surface area contributed by atoms with Crippen molar-refractivity contribution >= 4 is 17.4 Å². The van der Waals surface area contributed by atoms with Gasteiger partial charge in [-0.2, -0.15) is 0 Å². The molecule has 0 aromatic heterocycles. The smallest absolute Gasteiger partial charge is 0.145 e. The zero-order valence-corrected chi connectivity index (χ0v) is 12.1. The van der Waals surface area contributed by atoms with Gasteiger partial charge in [-0.3, -0.25) is 4.79 Å². The molecule has 1 aliphatic rings. The van der Waals surface area contributed by atoms with Gasteiger partial charge in [-0.25, -0.2) is 4.39 Å². The van der Waals surface area contributed by atoms with Gasteiger partial charge in [-0.15, -0.1) is 0 Å². The van der Waals surface area contributed by atoms with Crippen molar-refractivity contribution in [3.05, 3.63) is 34.6 Å². The van der Waals surface area contributed by atoms with E-state index in [0.717, 1.165) is 13.0 Å². The Bertz CT molecular complexity index is 481. The Morgan fingerprint density at radius 3 is 2.84 bits per heavy atom. The molecule has 0 radical (unpaired) electrons. The molecule has 1 aliphatic heterocycles. The van der Waals surface area contributed by atoms with Crippen LogP contribution in [0.3, 0.4) is 0 Å². The fraction of sp³-hybridized carbons (Fsp3) is 0.533. The summed E-state index contributed by atoms with van der Waals surface area (Å²) in [5.74, 6) is -0.0440. The quantitative estimate of drug-likeness (QED) is 0.919. The second-order valence-corrected chi connectivity index (χ2v) is 5.93. The standard InChI is InChI=1S/C15H19ClFNO/c1-10(2)15(6-7-18-9-15)13(19)8-11-4-3-5-12(17)14(11)16/h3-5,10,18H,6-9H2,1-2H3. The lowest BCUT2D eigenvalue weighted by Gasteiger charge is -2.31. The summed E-state index contributed by atoms with van der Waals surface area (Å²) >= 11 is 5.93. The zero-order valence-electron chi connectivity index (χ0n) is 11.3. The van der Waals surface area contributed by atoms with E-state index in [1.165, 1.54) is 6.07 Å². The van der Waals surface area contributed by atoms with Crippen LogP contribution in [0.4, 0.5) is 4.39 Å². The predicted octanol–water partition coefficient (Wildman–Crippen LogP) is 3.23. The van der Waals surface area contributed by atoms with E-state index in [9.17, 15) is 9.18 Å². The van der Waals surface area contributed by atoms with Crippen LogP contribution < -0.4 is 5.32 Å². The van der Waals surface area contributed by atoms with Gasteiger partial charge in [0, 0.05) is 18.4 Å². The summed E-state index contributed by atoms with van der Waals surface area (Å²) in [5.41, 5.74) is 0.244. The fourth-order valence-corrected chi connectivity index (χ4v) is 2.99. The maximum Gasteiger partial charge on any atom is 0.145 e. The lowest BCUT2D eigenvalue weighted by Crippen LogP contribution is -2.39. The van der Waals surface area contributed by atoms with Crippen LogP contribution in [0.25, 0.3) is 0 Å². The van der Waals surface area contributed by atoms with Crippen molar-refractivity contribution in [3.63, 3.8) is 0 Å². The van der Waals surface area contributed by atoms with E-state index >= 15 is 0 Å². The number of halogens is 2. The van der Waals surface area contributed by atoms with Crippen molar-refractivity contribution < 1.29 is 9.18 Å². The first kappa shape index (κ1) is 14.5. The van der Waals surface area contributed by atoms with E-state index in [2.05, 4.69) is 19.2 Å². The third-order valence-corrected chi connectivity index (χ3v) is 4.65. The predicted molar refractivity (Wildman–Crippen MR) is 74.9 cm³/mol. The van der Waals surface area contributed by atoms with Crippen molar-refractivity contribution in [2.75, 3.05) is 13.1 Å². The number of ketones is 1. The highest BCUT2D eigenvalue weighted by atomic mass is 35.5. The van der Waals surface area contributed by atoms with E-state index in [1.54, 1.807) is 12.1 Å². The van der Waals surface area contributed by atoms with Crippen molar-refractivity contribution in [2.45, 2.75) is 26.7 Å². The second-order valence-electron chi connectivity index (χ2n) is 5.55. The normalized spacial score (nSPS) is 23.0. The number of carbonyl (C=O) groups excluding carboxylic acids is 1. The molecule has 1 aromatic rings. The molecule has 0 saturated carbocycles. The third kappa shape index (κ3) is 2.67. The molecule has 1 saturated heterocycles. The van der Waals surface area contributed by atoms with Gasteiger partial charge in [0.25, 0.3) is 0 Å². The molecule has 4 heteroatoms. The van der Waals surface area contributed by atoms with Gasteiger partial charge < -0.3 is 5.32 Å². The zero-order chi connectivity index (χ0) is 14.0. The molecule has 1 aromatic carbocycles. The minimum Gasteiger partial charge on any atom is -0.316 e. The summed E-state index contributed by atoms with van der Waals surface area (Å²) in [6, 6.07) is 4.63. The molecule has 1 fully saturated rings. The van der Waals surface area contributed by atoms with E-state index in [0.29, 0.717) is 12.1 Å². The van der Waals surface area contributed by atoms with Crippen LogP contribution in [0, 0.1) is 17.2 Å². The van der Waals surface area contributed by atoms with E-state index < -0.39 is 5.82 Å². The number of hydrogen-bond donors (Lipinski definition) is 1. The van der Waals surface area contributed by atoms with Gasteiger partial charge in [-0.05, 0) is 30.5 Å². The van der Waals surface area contributed by atoms with Crippen LogP contribution >= 0.6 is 11.6 Å². The van der Waals surface area contributed by atoms with Gasteiger partial charge in [-0.1, -0.05) is 37.6 Å². The van der Waals surface area contributed by atoms with Gasteiger partial charge >= 0.3 is 0 Å². The molecule has 1 N–H and O–H groups in total. The van der Waals surface area contributed by atoms with Crippen LogP contribution in [0.15, 0.2) is 18.2 Å². The minimum atomic E-state index is -0.463. The highest BCUT2D eigenvalue weighted by Crippen LogP contribution is 2.36.